The minimum Gasteiger partial charge on any atom is -0.465 e. The molecule has 0 unspecified atom stereocenters. The molecule has 0 spiro atoms. The number of carbonyl (C=O) groups is 1. The number of sulfonamides is 1. The maximum atomic E-state index is 12.5. The van der Waals surface area contributed by atoms with Gasteiger partial charge in [-0.25, -0.2) is 17.9 Å². The molecule has 0 bridgehead atoms. The number of hydrogen-bond acceptors (Lipinski definition) is 5. The van der Waals surface area contributed by atoms with Gasteiger partial charge in [-0.15, -0.1) is 12.4 Å². The molecule has 124 valence electrons. The third kappa shape index (κ3) is 4.42. The van der Waals surface area contributed by atoms with Gasteiger partial charge in [0.05, 0.1) is 17.6 Å². The highest BCUT2D eigenvalue weighted by atomic mass is 35.5. The van der Waals surface area contributed by atoms with Crippen molar-refractivity contribution in [2.45, 2.75) is 30.7 Å². The van der Waals surface area contributed by atoms with Crippen molar-refractivity contribution >= 4 is 28.4 Å². The van der Waals surface area contributed by atoms with Crippen LogP contribution < -0.4 is 10.0 Å². The second-order valence-corrected chi connectivity index (χ2v) is 6.82. The van der Waals surface area contributed by atoms with Crippen molar-refractivity contribution in [2.75, 3.05) is 20.2 Å². The van der Waals surface area contributed by atoms with Gasteiger partial charge < -0.3 is 10.1 Å². The summed E-state index contributed by atoms with van der Waals surface area (Å²) < 4.78 is 32.3. The highest BCUT2D eigenvalue weighted by molar-refractivity contribution is 7.89. The highest BCUT2D eigenvalue weighted by Crippen LogP contribution is 2.19. The summed E-state index contributed by atoms with van der Waals surface area (Å²) in [6, 6.07) is 4.41. The molecule has 1 aliphatic rings. The molecule has 0 saturated carbocycles. The van der Waals surface area contributed by atoms with E-state index < -0.39 is 16.0 Å². The monoisotopic (exact) mass is 348 g/mol. The van der Waals surface area contributed by atoms with Crippen LogP contribution in [0.2, 0.25) is 0 Å². The van der Waals surface area contributed by atoms with Gasteiger partial charge in [-0.3, -0.25) is 0 Å². The Morgan fingerprint density at radius 2 is 2.14 bits per heavy atom. The van der Waals surface area contributed by atoms with Gasteiger partial charge in [-0.1, -0.05) is 6.07 Å². The standard InChI is InChI=1S/C14H20N2O4S.ClH/c1-10-5-6-11(14(17)20-2)8-13(10)21(18,19)16-12-4-3-7-15-9-12;/h5-6,8,12,15-16H,3-4,7,9H2,1-2H3;1H/t12-;/m1./s1. The number of nitrogens with one attached hydrogen (secondary N) is 2. The van der Waals surface area contributed by atoms with Crippen molar-refractivity contribution in [3.8, 4) is 0 Å². The average molecular weight is 349 g/mol. The first kappa shape index (κ1) is 18.9. The number of aryl methyl sites for hydroxylation is 1. The first-order valence-electron chi connectivity index (χ1n) is 6.86. The van der Waals surface area contributed by atoms with Crippen LogP contribution in [0.15, 0.2) is 23.1 Å². The van der Waals surface area contributed by atoms with Crippen molar-refractivity contribution in [3.63, 3.8) is 0 Å². The molecule has 22 heavy (non-hydrogen) atoms. The molecule has 6 nitrogen and oxygen atoms in total. The zero-order chi connectivity index (χ0) is 15.5. The fraction of sp³-hybridized carbons (Fsp3) is 0.500. The van der Waals surface area contributed by atoms with Gasteiger partial charge in [0.1, 0.15) is 0 Å². The molecule has 2 rings (SSSR count). The number of methoxy groups -OCH3 is 1. The Morgan fingerprint density at radius 1 is 1.41 bits per heavy atom. The van der Waals surface area contributed by atoms with E-state index in [4.69, 9.17) is 0 Å². The zero-order valence-corrected chi connectivity index (χ0v) is 14.2. The summed E-state index contributed by atoms with van der Waals surface area (Å²) in [6.45, 7) is 3.23. The summed E-state index contributed by atoms with van der Waals surface area (Å²) in [7, 11) is -2.39. The van der Waals surface area contributed by atoms with Crippen molar-refractivity contribution in [3.05, 3.63) is 29.3 Å². The number of esters is 1. The number of carbonyl (C=O) groups excluding carboxylic acids is 1. The maximum absolute atomic E-state index is 12.5. The lowest BCUT2D eigenvalue weighted by atomic mass is 10.1. The molecule has 1 saturated heterocycles. The van der Waals surface area contributed by atoms with Crippen LogP contribution in [0, 0.1) is 6.92 Å². The molecule has 0 radical (unpaired) electrons. The van der Waals surface area contributed by atoms with E-state index in [1.807, 2.05) is 0 Å². The predicted octanol–water partition coefficient (Wildman–Crippen LogP) is 1.23. The number of rotatable bonds is 4. The summed E-state index contributed by atoms with van der Waals surface area (Å²) in [5.41, 5.74) is 0.823. The number of hydrogen-bond donors (Lipinski definition) is 2. The van der Waals surface area contributed by atoms with Gasteiger partial charge in [0.2, 0.25) is 10.0 Å². The average Bonchev–Trinajstić information content (AvgIpc) is 2.47. The van der Waals surface area contributed by atoms with Crippen LogP contribution in [0.1, 0.15) is 28.8 Å². The third-order valence-electron chi connectivity index (χ3n) is 3.52. The lowest BCUT2D eigenvalue weighted by Crippen LogP contribution is -2.45. The topological polar surface area (TPSA) is 84.5 Å². The summed E-state index contributed by atoms with van der Waals surface area (Å²) in [4.78, 5) is 11.7. The molecule has 1 aromatic rings. The predicted molar refractivity (Wildman–Crippen MR) is 86.0 cm³/mol. The Hall–Kier alpha value is -1.15. The van der Waals surface area contributed by atoms with E-state index in [9.17, 15) is 13.2 Å². The minimum atomic E-state index is -3.65. The first-order valence-corrected chi connectivity index (χ1v) is 8.34. The van der Waals surface area contributed by atoms with Crippen LogP contribution in [-0.2, 0) is 14.8 Å². The van der Waals surface area contributed by atoms with Gasteiger partial charge in [-0.2, -0.15) is 0 Å². The van der Waals surface area contributed by atoms with E-state index in [0.717, 1.165) is 19.4 Å². The normalized spacial score (nSPS) is 18.4. The fourth-order valence-corrected chi connectivity index (χ4v) is 3.91. The molecule has 0 amide bonds. The second kappa shape index (κ2) is 7.92. The lowest BCUT2D eigenvalue weighted by molar-refractivity contribution is 0.0600. The summed E-state index contributed by atoms with van der Waals surface area (Å²) >= 11 is 0. The van der Waals surface area contributed by atoms with E-state index in [1.165, 1.54) is 13.2 Å². The minimum absolute atomic E-state index is 0. The molecule has 1 aromatic carbocycles. The lowest BCUT2D eigenvalue weighted by Gasteiger charge is -2.24. The Morgan fingerprint density at radius 3 is 2.73 bits per heavy atom. The molecular formula is C14H21ClN2O4S. The van der Waals surface area contributed by atoms with Gasteiger partial charge in [0.25, 0.3) is 0 Å². The van der Waals surface area contributed by atoms with Crippen molar-refractivity contribution in [1.82, 2.24) is 10.0 Å². The van der Waals surface area contributed by atoms with E-state index >= 15 is 0 Å². The molecule has 0 aliphatic carbocycles. The quantitative estimate of drug-likeness (QED) is 0.799. The summed E-state index contributed by atoms with van der Waals surface area (Å²) in [5, 5.41) is 3.16. The van der Waals surface area contributed by atoms with Gasteiger partial charge in [-0.05, 0) is 44.0 Å². The number of benzene rings is 1. The van der Waals surface area contributed by atoms with Crippen LogP contribution in [0.5, 0.6) is 0 Å². The molecule has 1 aliphatic heterocycles. The number of piperidine rings is 1. The van der Waals surface area contributed by atoms with Gasteiger partial charge in [0, 0.05) is 12.6 Å². The Balaban J connectivity index is 0.00000242. The molecule has 1 atom stereocenters. The first-order chi connectivity index (χ1) is 9.94. The van der Waals surface area contributed by atoms with Crippen molar-refractivity contribution in [2.24, 2.45) is 0 Å². The number of halogens is 1. The highest BCUT2D eigenvalue weighted by Gasteiger charge is 2.24. The summed E-state index contributed by atoms with van der Waals surface area (Å²) in [6.07, 6.45) is 1.75. The molecular weight excluding hydrogens is 328 g/mol. The van der Waals surface area contributed by atoms with Crippen LogP contribution >= 0.6 is 12.4 Å². The molecule has 2 N–H and O–H groups in total. The summed E-state index contributed by atoms with van der Waals surface area (Å²) in [5.74, 6) is -0.550. The Bertz CT molecular complexity index is 628. The SMILES string of the molecule is COC(=O)c1ccc(C)c(S(=O)(=O)N[C@@H]2CCCNC2)c1.Cl. The van der Waals surface area contributed by atoms with E-state index in [0.29, 0.717) is 12.1 Å². The van der Waals surface area contributed by atoms with E-state index in [1.54, 1.807) is 19.1 Å². The van der Waals surface area contributed by atoms with Gasteiger partial charge in [0.15, 0.2) is 0 Å². The second-order valence-electron chi connectivity index (χ2n) is 5.14. The Labute approximate surface area is 137 Å². The molecule has 1 fully saturated rings. The van der Waals surface area contributed by atoms with Crippen LogP contribution in [0.25, 0.3) is 0 Å². The maximum Gasteiger partial charge on any atom is 0.337 e. The van der Waals surface area contributed by atoms with E-state index in [-0.39, 0.29) is 28.9 Å². The molecule has 0 aromatic heterocycles. The van der Waals surface area contributed by atoms with Crippen LogP contribution in [0.4, 0.5) is 0 Å². The third-order valence-corrected chi connectivity index (χ3v) is 5.18. The largest absolute Gasteiger partial charge is 0.465 e. The zero-order valence-electron chi connectivity index (χ0n) is 12.6. The van der Waals surface area contributed by atoms with Crippen molar-refractivity contribution < 1.29 is 17.9 Å². The fourth-order valence-electron chi connectivity index (χ4n) is 2.37. The van der Waals surface area contributed by atoms with E-state index in [2.05, 4.69) is 14.8 Å². The van der Waals surface area contributed by atoms with Crippen LogP contribution in [-0.4, -0.2) is 40.6 Å². The van der Waals surface area contributed by atoms with Gasteiger partial charge >= 0.3 is 5.97 Å². The number of ether oxygens (including phenoxy) is 1. The Kier molecular flexibility index (Phi) is 6.80. The smallest absolute Gasteiger partial charge is 0.337 e. The van der Waals surface area contributed by atoms with Crippen LogP contribution in [0.3, 0.4) is 0 Å². The molecule has 1 heterocycles. The molecule has 8 heteroatoms. The van der Waals surface area contributed by atoms with Crippen molar-refractivity contribution in [1.29, 1.82) is 0 Å².